The molecule has 1 amide bonds. The number of pyridine rings is 1. The van der Waals surface area contributed by atoms with Crippen molar-refractivity contribution in [3.8, 4) is 6.07 Å². The van der Waals surface area contributed by atoms with E-state index in [1.807, 2.05) is 18.7 Å². The van der Waals surface area contributed by atoms with Gasteiger partial charge in [0.2, 0.25) is 0 Å². The Morgan fingerprint density at radius 3 is 2.74 bits per heavy atom. The number of hydrogen-bond acceptors (Lipinski definition) is 6. The number of nitrogens with two attached hydrogens (primary N) is 1. The lowest BCUT2D eigenvalue weighted by atomic mass is 9.93. The van der Waals surface area contributed by atoms with Crippen molar-refractivity contribution < 1.29 is 9.53 Å². The first-order valence-corrected chi connectivity index (χ1v) is 11.9. The molecule has 34 heavy (non-hydrogen) atoms. The molecule has 178 valence electrons. The highest BCUT2D eigenvalue weighted by Gasteiger charge is 2.25. The van der Waals surface area contributed by atoms with Crippen LogP contribution in [0.5, 0.6) is 0 Å². The number of anilines is 1. The summed E-state index contributed by atoms with van der Waals surface area (Å²) in [7, 11) is 0. The standard InChI is InChI=1S/C26H32N6O2/c1-4-34-16-22-30-23-24(17(2)18(3)29-25(23)28)32(22)13-10-19-8-11-31(12-9-19)26(33)21-7-5-6-20(14-21)15-27/h5-7,14,19H,4,8-13,16H2,1-3H3,(H2,28,29). The number of rotatable bonds is 7. The zero-order chi connectivity index (χ0) is 24.2. The van der Waals surface area contributed by atoms with Gasteiger partial charge < -0.3 is 19.9 Å². The number of nitrogen functional groups attached to an aromatic ring is 1. The molecule has 3 aromatic rings. The number of ether oxygens (including phenoxy) is 1. The van der Waals surface area contributed by atoms with Crippen LogP contribution in [0.4, 0.5) is 5.82 Å². The first-order valence-electron chi connectivity index (χ1n) is 11.9. The van der Waals surface area contributed by atoms with E-state index in [-0.39, 0.29) is 5.91 Å². The molecule has 0 unspecified atom stereocenters. The van der Waals surface area contributed by atoms with Crippen molar-refractivity contribution in [3.63, 3.8) is 0 Å². The van der Waals surface area contributed by atoms with Gasteiger partial charge in [0.1, 0.15) is 17.9 Å². The summed E-state index contributed by atoms with van der Waals surface area (Å²) in [4.78, 5) is 24.0. The van der Waals surface area contributed by atoms with Gasteiger partial charge in [-0.25, -0.2) is 9.97 Å². The number of nitriles is 1. The van der Waals surface area contributed by atoms with Crippen molar-refractivity contribution in [3.05, 3.63) is 52.5 Å². The van der Waals surface area contributed by atoms with Crippen molar-refractivity contribution in [2.75, 3.05) is 25.4 Å². The number of likely N-dealkylation sites (tertiary alicyclic amines) is 1. The quantitative estimate of drug-likeness (QED) is 0.571. The summed E-state index contributed by atoms with van der Waals surface area (Å²) in [6.45, 7) is 9.37. The van der Waals surface area contributed by atoms with Gasteiger partial charge in [-0.2, -0.15) is 5.26 Å². The summed E-state index contributed by atoms with van der Waals surface area (Å²) in [5.41, 5.74) is 11.1. The average molecular weight is 461 g/mol. The third-order valence-electron chi connectivity index (χ3n) is 6.81. The van der Waals surface area contributed by atoms with Crippen LogP contribution >= 0.6 is 0 Å². The first-order chi connectivity index (χ1) is 16.4. The lowest BCUT2D eigenvalue weighted by molar-refractivity contribution is 0.0684. The number of hydrogen-bond donors (Lipinski definition) is 1. The van der Waals surface area contributed by atoms with E-state index in [9.17, 15) is 4.79 Å². The van der Waals surface area contributed by atoms with Gasteiger partial charge in [-0.05, 0) is 69.7 Å². The number of benzene rings is 1. The Balaban J connectivity index is 1.45. The Kier molecular flexibility index (Phi) is 7.13. The number of nitrogens with zero attached hydrogens (tertiary/aromatic N) is 5. The third-order valence-corrected chi connectivity index (χ3v) is 6.81. The predicted molar refractivity (Wildman–Crippen MR) is 131 cm³/mol. The number of carbonyl (C=O) groups excluding carboxylic acids is 1. The van der Waals surface area contributed by atoms with E-state index in [0.717, 1.165) is 67.0 Å². The molecule has 1 aliphatic rings. The van der Waals surface area contributed by atoms with Crippen LogP contribution in [0, 0.1) is 31.1 Å². The molecule has 0 aliphatic carbocycles. The van der Waals surface area contributed by atoms with Gasteiger partial charge in [0.05, 0.1) is 17.1 Å². The number of piperidine rings is 1. The first kappa shape index (κ1) is 23.7. The van der Waals surface area contributed by atoms with Gasteiger partial charge in [-0.3, -0.25) is 4.79 Å². The van der Waals surface area contributed by atoms with Gasteiger partial charge >= 0.3 is 0 Å². The number of fused-ring (bicyclic) bond motifs is 1. The van der Waals surface area contributed by atoms with Crippen LogP contribution in [0.15, 0.2) is 24.3 Å². The second-order valence-electron chi connectivity index (χ2n) is 8.94. The summed E-state index contributed by atoms with van der Waals surface area (Å²) in [5, 5.41) is 9.11. The Labute approximate surface area is 200 Å². The van der Waals surface area contributed by atoms with Crippen LogP contribution in [0.3, 0.4) is 0 Å². The van der Waals surface area contributed by atoms with E-state index in [1.54, 1.807) is 24.3 Å². The molecule has 1 aromatic carbocycles. The number of imidazole rings is 1. The van der Waals surface area contributed by atoms with Crippen LogP contribution in [-0.2, 0) is 17.9 Å². The molecular formula is C26H32N6O2. The molecule has 0 atom stereocenters. The number of amides is 1. The Morgan fingerprint density at radius 2 is 2.03 bits per heavy atom. The van der Waals surface area contributed by atoms with Crippen molar-refractivity contribution >= 4 is 22.8 Å². The van der Waals surface area contributed by atoms with E-state index in [2.05, 4.69) is 22.5 Å². The molecule has 3 heterocycles. The maximum atomic E-state index is 12.9. The molecule has 1 saturated heterocycles. The van der Waals surface area contributed by atoms with Crippen molar-refractivity contribution in [2.45, 2.75) is 53.2 Å². The van der Waals surface area contributed by atoms with Gasteiger partial charge in [0, 0.05) is 37.5 Å². The van der Waals surface area contributed by atoms with Crippen LogP contribution in [0.1, 0.15) is 59.2 Å². The monoisotopic (exact) mass is 460 g/mol. The minimum Gasteiger partial charge on any atom is -0.382 e. The fraction of sp³-hybridized carbons (Fsp3) is 0.462. The van der Waals surface area contributed by atoms with E-state index in [4.69, 9.17) is 20.7 Å². The largest absolute Gasteiger partial charge is 0.382 e. The normalized spacial score (nSPS) is 14.5. The summed E-state index contributed by atoms with van der Waals surface area (Å²) in [6, 6.07) is 9.04. The van der Waals surface area contributed by atoms with Crippen LogP contribution in [0.2, 0.25) is 0 Å². The minimum atomic E-state index is 0.00392. The van der Waals surface area contributed by atoms with Crippen LogP contribution in [-0.4, -0.2) is 45.0 Å². The lowest BCUT2D eigenvalue weighted by Gasteiger charge is -2.32. The Hall–Kier alpha value is -3.44. The summed E-state index contributed by atoms with van der Waals surface area (Å²) < 4.78 is 7.93. The highest BCUT2D eigenvalue weighted by atomic mass is 16.5. The van der Waals surface area contributed by atoms with Crippen molar-refractivity contribution in [1.82, 2.24) is 19.4 Å². The highest BCUT2D eigenvalue weighted by molar-refractivity contribution is 5.94. The molecule has 1 fully saturated rings. The van der Waals surface area contributed by atoms with Crippen molar-refractivity contribution in [2.24, 2.45) is 5.92 Å². The molecular weight excluding hydrogens is 428 g/mol. The van der Waals surface area contributed by atoms with Gasteiger partial charge in [-0.15, -0.1) is 0 Å². The minimum absolute atomic E-state index is 0.00392. The summed E-state index contributed by atoms with van der Waals surface area (Å²) in [5.74, 6) is 1.86. The fourth-order valence-electron chi connectivity index (χ4n) is 4.73. The Bertz CT molecular complexity index is 1230. The van der Waals surface area contributed by atoms with E-state index < -0.39 is 0 Å². The zero-order valence-corrected chi connectivity index (χ0v) is 20.2. The second-order valence-corrected chi connectivity index (χ2v) is 8.94. The van der Waals surface area contributed by atoms with Gasteiger partial charge in [0.25, 0.3) is 5.91 Å². The fourth-order valence-corrected chi connectivity index (χ4v) is 4.73. The number of aromatic nitrogens is 3. The van der Waals surface area contributed by atoms with E-state index in [1.165, 1.54) is 0 Å². The second kappa shape index (κ2) is 10.2. The van der Waals surface area contributed by atoms with Crippen molar-refractivity contribution in [1.29, 1.82) is 5.26 Å². The SMILES string of the molecule is CCOCc1nc2c(N)nc(C)c(C)c2n1CCC1CCN(C(=O)c2cccc(C#N)c2)CC1. The number of aryl methyl sites for hydroxylation is 3. The lowest BCUT2D eigenvalue weighted by Crippen LogP contribution is -2.38. The van der Waals surface area contributed by atoms with Gasteiger partial charge in [0.15, 0.2) is 5.82 Å². The molecule has 0 radical (unpaired) electrons. The summed E-state index contributed by atoms with van der Waals surface area (Å²) >= 11 is 0. The molecule has 4 rings (SSSR count). The number of carbonyl (C=O) groups is 1. The molecule has 2 aromatic heterocycles. The molecule has 2 N–H and O–H groups in total. The molecule has 0 bridgehead atoms. The third kappa shape index (κ3) is 4.75. The molecule has 0 spiro atoms. The smallest absolute Gasteiger partial charge is 0.253 e. The highest BCUT2D eigenvalue weighted by Crippen LogP contribution is 2.29. The summed E-state index contributed by atoms with van der Waals surface area (Å²) in [6.07, 6.45) is 2.91. The van der Waals surface area contributed by atoms with E-state index >= 15 is 0 Å². The predicted octanol–water partition coefficient (Wildman–Crippen LogP) is 3.98. The van der Waals surface area contributed by atoms with E-state index in [0.29, 0.717) is 36.1 Å². The maximum Gasteiger partial charge on any atom is 0.253 e. The van der Waals surface area contributed by atoms with Gasteiger partial charge in [-0.1, -0.05) is 6.07 Å². The Morgan fingerprint density at radius 1 is 1.26 bits per heavy atom. The molecule has 8 nitrogen and oxygen atoms in total. The molecule has 8 heteroatoms. The molecule has 1 aliphatic heterocycles. The molecule has 0 saturated carbocycles. The van der Waals surface area contributed by atoms with Crippen LogP contribution in [0.25, 0.3) is 11.0 Å². The topological polar surface area (TPSA) is 110 Å². The average Bonchev–Trinajstić information content (AvgIpc) is 3.23. The maximum absolute atomic E-state index is 12.9. The van der Waals surface area contributed by atoms with Crippen LogP contribution < -0.4 is 5.73 Å². The zero-order valence-electron chi connectivity index (χ0n) is 20.2.